The first-order valence-electron chi connectivity index (χ1n) is 14.7. The smallest absolute Gasteiger partial charge is 0.325 e. The Hall–Kier alpha value is -2.86. The molecule has 0 heterocycles. The van der Waals surface area contributed by atoms with Crippen molar-refractivity contribution in [3.8, 4) is 12.3 Å². The number of oxime groups is 1. The number of nitrogens with zero attached hydrogens (tertiary/aromatic N) is 1. The number of amides is 2. The van der Waals surface area contributed by atoms with Gasteiger partial charge in [-0.1, -0.05) is 44.3 Å². The van der Waals surface area contributed by atoms with Gasteiger partial charge in [-0.3, -0.25) is 14.4 Å². The third kappa shape index (κ3) is 5.27. The number of hydrogen-bond acceptors (Lipinski definition) is 6. The lowest BCUT2D eigenvalue weighted by Crippen LogP contribution is -2.54. The highest BCUT2D eigenvalue weighted by Crippen LogP contribution is 2.67. The lowest BCUT2D eigenvalue weighted by atomic mass is 9.46. The van der Waals surface area contributed by atoms with Gasteiger partial charge in [0.05, 0.1) is 5.71 Å². The number of carbonyl (C=O) groups excluding carboxylic acids is 2. The SMILES string of the molecule is C#C[C@@]1(O)CC[C@@H]2[C@@H]3CCC4=C/C(=N/OCC(=O)N[C@@H](C(=O)N[C@@H](C)C(=O)O)C(C)C)CC[C@]4(C)[C@@H]3CC[C@@]21C. The van der Waals surface area contributed by atoms with Crippen LogP contribution >= 0.6 is 0 Å². The molecule has 0 aromatic rings. The van der Waals surface area contributed by atoms with Crippen LogP contribution in [0.3, 0.4) is 0 Å². The molecule has 2 amide bonds. The molecule has 4 N–H and O–H groups in total. The molecule has 0 saturated heterocycles. The summed E-state index contributed by atoms with van der Waals surface area (Å²) >= 11 is 0. The third-order valence-electron chi connectivity index (χ3n) is 10.7. The van der Waals surface area contributed by atoms with Crippen molar-refractivity contribution < 1.29 is 29.4 Å². The largest absolute Gasteiger partial charge is 0.480 e. The summed E-state index contributed by atoms with van der Waals surface area (Å²) in [6, 6.07) is -1.94. The molecule has 4 rings (SSSR count). The van der Waals surface area contributed by atoms with Gasteiger partial charge >= 0.3 is 5.97 Å². The maximum atomic E-state index is 12.5. The number of allylic oxidation sites excluding steroid dienone is 2. The van der Waals surface area contributed by atoms with E-state index in [9.17, 15) is 19.5 Å². The molecule has 9 nitrogen and oxygen atoms in total. The summed E-state index contributed by atoms with van der Waals surface area (Å²) in [6.07, 6.45) is 15.5. The van der Waals surface area contributed by atoms with E-state index in [1.54, 1.807) is 13.8 Å². The average Bonchev–Trinajstić information content (AvgIpc) is 3.18. The molecule has 0 aromatic heterocycles. The Morgan fingerprint density at radius 1 is 1.10 bits per heavy atom. The fourth-order valence-corrected chi connectivity index (χ4v) is 8.18. The van der Waals surface area contributed by atoms with Gasteiger partial charge in [0.2, 0.25) is 5.91 Å². The molecule has 3 fully saturated rings. The number of fused-ring (bicyclic) bond motifs is 5. The van der Waals surface area contributed by atoms with Crippen LogP contribution in [0, 0.1) is 46.8 Å². The molecule has 0 radical (unpaired) electrons. The maximum Gasteiger partial charge on any atom is 0.325 e. The van der Waals surface area contributed by atoms with Crippen LogP contribution in [-0.2, 0) is 19.2 Å². The zero-order valence-corrected chi connectivity index (χ0v) is 24.5. The minimum Gasteiger partial charge on any atom is -0.480 e. The number of rotatable bonds is 8. The van der Waals surface area contributed by atoms with Crippen LogP contribution in [0.15, 0.2) is 16.8 Å². The molecule has 0 aliphatic heterocycles. The zero-order valence-electron chi connectivity index (χ0n) is 24.5. The van der Waals surface area contributed by atoms with E-state index in [1.807, 2.05) is 0 Å². The van der Waals surface area contributed by atoms with Crippen molar-refractivity contribution in [2.75, 3.05) is 6.61 Å². The molecular weight excluding hydrogens is 510 g/mol. The summed E-state index contributed by atoms with van der Waals surface area (Å²) < 4.78 is 0. The topological polar surface area (TPSA) is 137 Å². The predicted octanol–water partition coefficient (Wildman–Crippen LogP) is 3.42. The van der Waals surface area contributed by atoms with Gasteiger partial charge in [-0.2, -0.15) is 0 Å². The van der Waals surface area contributed by atoms with E-state index >= 15 is 0 Å². The highest BCUT2D eigenvalue weighted by Gasteiger charge is 2.63. The Labute approximate surface area is 237 Å². The minimum absolute atomic E-state index is 0.0857. The number of aliphatic hydroxyl groups is 1. The van der Waals surface area contributed by atoms with Crippen LogP contribution < -0.4 is 10.6 Å². The molecule has 220 valence electrons. The lowest BCUT2D eigenvalue weighted by Gasteiger charge is -2.58. The van der Waals surface area contributed by atoms with Crippen molar-refractivity contribution in [2.45, 2.75) is 104 Å². The molecule has 8 atom stereocenters. The Balaban J connectivity index is 1.36. The van der Waals surface area contributed by atoms with Crippen LogP contribution in [0.2, 0.25) is 0 Å². The van der Waals surface area contributed by atoms with Gasteiger partial charge in [0.1, 0.15) is 17.7 Å². The van der Waals surface area contributed by atoms with Gasteiger partial charge in [0.15, 0.2) is 6.61 Å². The summed E-state index contributed by atoms with van der Waals surface area (Å²) in [5, 5.41) is 29.5. The monoisotopic (exact) mass is 555 g/mol. The van der Waals surface area contributed by atoms with Crippen molar-refractivity contribution in [1.82, 2.24) is 10.6 Å². The first kappa shape index (κ1) is 30.1. The zero-order chi connectivity index (χ0) is 29.5. The van der Waals surface area contributed by atoms with E-state index < -0.39 is 35.5 Å². The normalized spacial score (nSPS) is 37.2. The third-order valence-corrected chi connectivity index (χ3v) is 10.7. The van der Waals surface area contributed by atoms with Crippen molar-refractivity contribution in [3.05, 3.63) is 11.6 Å². The highest BCUT2D eigenvalue weighted by molar-refractivity contribution is 5.96. The number of nitrogens with one attached hydrogen (secondary N) is 2. The molecule has 0 unspecified atom stereocenters. The van der Waals surface area contributed by atoms with Crippen molar-refractivity contribution in [2.24, 2.45) is 39.7 Å². The van der Waals surface area contributed by atoms with E-state index in [-0.39, 0.29) is 23.4 Å². The Morgan fingerprint density at radius 3 is 2.45 bits per heavy atom. The Kier molecular flexibility index (Phi) is 8.43. The van der Waals surface area contributed by atoms with Gasteiger partial charge in [0, 0.05) is 5.41 Å². The van der Waals surface area contributed by atoms with E-state index in [0.29, 0.717) is 24.2 Å². The van der Waals surface area contributed by atoms with Gasteiger partial charge in [-0.05, 0) is 93.5 Å². The second kappa shape index (κ2) is 11.2. The van der Waals surface area contributed by atoms with E-state index in [1.165, 1.54) is 12.5 Å². The Morgan fingerprint density at radius 2 is 1.80 bits per heavy atom. The molecule has 0 aromatic carbocycles. The van der Waals surface area contributed by atoms with Crippen molar-refractivity contribution in [1.29, 1.82) is 0 Å². The first-order valence-corrected chi connectivity index (χ1v) is 14.7. The summed E-state index contributed by atoms with van der Waals surface area (Å²) in [4.78, 5) is 41.4. The lowest BCUT2D eigenvalue weighted by molar-refractivity contribution is -0.142. The summed E-state index contributed by atoms with van der Waals surface area (Å²) in [6.45, 7) is 9.16. The van der Waals surface area contributed by atoms with Crippen LogP contribution in [0.1, 0.15) is 86.0 Å². The fourth-order valence-electron chi connectivity index (χ4n) is 8.18. The number of carbonyl (C=O) groups is 3. The van der Waals surface area contributed by atoms with E-state index in [2.05, 4.69) is 41.6 Å². The number of carboxylic acid groups (broad SMARTS) is 1. The second-order valence-corrected chi connectivity index (χ2v) is 13.2. The van der Waals surface area contributed by atoms with Gasteiger partial charge in [0.25, 0.3) is 5.91 Å². The Bertz CT molecular complexity index is 1140. The number of terminal acetylenes is 1. The van der Waals surface area contributed by atoms with E-state index in [4.69, 9.17) is 16.4 Å². The minimum atomic E-state index is -1.15. The maximum absolute atomic E-state index is 12.5. The van der Waals surface area contributed by atoms with Crippen molar-refractivity contribution in [3.63, 3.8) is 0 Å². The molecule has 0 spiro atoms. The number of hydrogen-bond donors (Lipinski definition) is 4. The summed E-state index contributed by atoms with van der Waals surface area (Å²) in [5.74, 6) is 1.88. The van der Waals surface area contributed by atoms with Crippen LogP contribution in [0.25, 0.3) is 0 Å². The van der Waals surface area contributed by atoms with Gasteiger partial charge in [-0.15, -0.1) is 6.42 Å². The molecule has 0 bridgehead atoms. The van der Waals surface area contributed by atoms with E-state index in [0.717, 1.165) is 50.7 Å². The standard InChI is InChI=1S/C31H45N3O6/c1-7-31(39)15-12-24-22-9-8-20-16-21(10-13-29(20,5)23(22)11-14-30(24,31)6)34-40-17-25(35)33-26(18(2)3)27(36)32-19(4)28(37)38/h1,16,18-19,22-24,26,39H,8-15,17H2,2-6H3,(H,32,36)(H,33,35)(H,37,38)/b34-21+/t19-,22+,23+,24+,26+,29-,30-,31+/m0/s1. The molecule has 4 aliphatic carbocycles. The number of carboxylic acids is 1. The van der Waals surface area contributed by atoms with Crippen LogP contribution in [-0.4, -0.2) is 58.0 Å². The molecule has 3 saturated carbocycles. The first-order chi connectivity index (χ1) is 18.8. The van der Waals surface area contributed by atoms with Gasteiger partial charge < -0.3 is 25.7 Å². The van der Waals surface area contributed by atoms with Gasteiger partial charge in [-0.25, -0.2) is 0 Å². The van der Waals surface area contributed by atoms with Crippen LogP contribution in [0.4, 0.5) is 0 Å². The fraction of sp³-hybridized carbons (Fsp3) is 0.742. The molecular formula is C31H45N3O6. The van der Waals surface area contributed by atoms with Crippen LogP contribution in [0.5, 0.6) is 0 Å². The number of aliphatic carboxylic acids is 1. The second-order valence-electron chi connectivity index (χ2n) is 13.2. The summed E-state index contributed by atoms with van der Waals surface area (Å²) in [7, 11) is 0. The quantitative estimate of drug-likeness (QED) is 0.268. The molecule has 4 aliphatic rings. The summed E-state index contributed by atoms with van der Waals surface area (Å²) in [5.41, 5.74) is 1.09. The van der Waals surface area contributed by atoms with Crippen molar-refractivity contribution >= 4 is 23.5 Å². The molecule has 40 heavy (non-hydrogen) atoms. The molecule has 9 heteroatoms. The highest BCUT2D eigenvalue weighted by atomic mass is 16.6. The predicted molar refractivity (Wildman–Crippen MR) is 151 cm³/mol. The average molecular weight is 556 g/mol.